The minimum Gasteiger partial charge on any atom is -0.303 e. The number of benzene rings is 1. The molecule has 1 aliphatic heterocycles. The van der Waals surface area contributed by atoms with Crippen molar-refractivity contribution in [3.05, 3.63) is 34.9 Å². The van der Waals surface area contributed by atoms with Gasteiger partial charge in [-0.3, -0.25) is 4.79 Å². The number of carbonyl (C=O) groups excluding carboxylic acids is 1. The van der Waals surface area contributed by atoms with E-state index in [0.717, 1.165) is 12.1 Å². The number of rotatable bonds is 1. The van der Waals surface area contributed by atoms with Crippen LogP contribution in [0.15, 0.2) is 24.3 Å². The predicted octanol–water partition coefficient (Wildman–Crippen LogP) is 2.37. The summed E-state index contributed by atoms with van der Waals surface area (Å²) in [5.41, 5.74) is 0.895. The largest absolute Gasteiger partial charge is 0.303 e. The number of halogens is 2. The molecule has 1 atom stereocenters. The van der Waals surface area contributed by atoms with Crippen LogP contribution in [0.5, 0.6) is 0 Å². The van der Waals surface area contributed by atoms with Crippen LogP contribution in [0, 0.1) is 0 Å². The van der Waals surface area contributed by atoms with Crippen molar-refractivity contribution >= 4 is 29.8 Å². The first-order valence-electron chi connectivity index (χ1n) is 4.29. The van der Waals surface area contributed by atoms with Crippen molar-refractivity contribution < 1.29 is 4.79 Å². The molecule has 1 fully saturated rings. The molecule has 0 spiro atoms. The number of hydrogen-bond donors (Lipinski definition) is 1. The van der Waals surface area contributed by atoms with Crippen LogP contribution in [0.1, 0.15) is 18.0 Å². The molecule has 0 radical (unpaired) electrons. The fraction of sp³-hybridized carbons (Fsp3) is 0.300. The van der Waals surface area contributed by atoms with Crippen LogP contribution in [0.3, 0.4) is 0 Å². The SMILES string of the molecule is Cl.O=C1CCNC1c1ccccc1Cl. The second-order valence-corrected chi connectivity index (χ2v) is 3.53. The summed E-state index contributed by atoms with van der Waals surface area (Å²) in [6, 6.07) is 7.28. The Morgan fingerprint density at radius 1 is 1.36 bits per heavy atom. The second kappa shape index (κ2) is 4.78. The Labute approximate surface area is 94.1 Å². The molecule has 1 aromatic carbocycles. The smallest absolute Gasteiger partial charge is 0.155 e. The zero-order valence-electron chi connectivity index (χ0n) is 7.50. The number of hydrogen-bond acceptors (Lipinski definition) is 2. The van der Waals surface area contributed by atoms with Crippen LogP contribution in [0.4, 0.5) is 0 Å². The third-order valence-corrected chi connectivity index (χ3v) is 2.60. The van der Waals surface area contributed by atoms with Crippen LogP contribution in [-0.2, 0) is 4.79 Å². The van der Waals surface area contributed by atoms with E-state index < -0.39 is 0 Å². The van der Waals surface area contributed by atoms with Gasteiger partial charge in [0.15, 0.2) is 5.78 Å². The molecular weight excluding hydrogens is 221 g/mol. The molecule has 1 heterocycles. The average Bonchev–Trinajstić information content (AvgIpc) is 2.52. The second-order valence-electron chi connectivity index (χ2n) is 3.12. The van der Waals surface area contributed by atoms with E-state index in [1.165, 1.54) is 0 Å². The number of carbonyl (C=O) groups is 1. The van der Waals surface area contributed by atoms with E-state index in [-0.39, 0.29) is 24.2 Å². The van der Waals surface area contributed by atoms with E-state index in [4.69, 9.17) is 11.6 Å². The van der Waals surface area contributed by atoms with E-state index in [0.29, 0.717) is 11.4 Å². The molecular formula is C10H11Cl2NO. The maximum atomic E-state index is 11.4. The first-order chi connectivity index (χ1) is 6.29. The van der Waals surface area contributed by atoms with Crippen LogP contribution in [0.2, 0.25) is 5.02 Å². The first kappa shape index (κ1) is 11.5. The molecule has 1 N–H and O–H groups in total. The van der Waals surface area contributed by atoms with E-state index in [9.17, 15) is 4.79 Å². The lowest BCUT2D eigenvalue weighted by molar-refractivity contribution is -0.118. The molecule has 1 aliphatic rings. The Morgan fingerprint density at radius 3 is 2.64 bits per heavy atom. The van der Waals surface area contributed by atoms with Gasteiger partial charge in [-0.2, -0.15) is 0 Å². The summed E-state index contributed by atoms with van der Waals surface area (Å²) in [7, 11) is 0. The summed E-state index contributed by atoms with van der Waals surface area (Å²) in [4.78, 5) is 11.4. The molecule has 0 bridgehead atoms. The summed E-state index contributed by atoms with van der Waals surface area (Å²) >= 11 is 5.98. The molecule has 0 aromatic heterocycles. The summed E-state index contributed by atoms with van der Waals surface area (Å²) < 4.78 is 0. The van der Waals surface area contributed by atoms with E-state index >= 15 is 0 Å². The molecule has 1 aromatic rings. The van der Waals surface area contributed by atoms with Crippen LogP contribution in [-0.4, -0.2) is 12.3 Å². The van der Waals surface area contributed by atoms with Gasteiger partial charge in [-0.15, -0.1) is 12.4 Å². The zero-order chi connectivity index (χ0) is 9.26. The highest BCUT2D eigenvalue weighted by Crippen LogP contribution is 2.26. The fourth-order valence-electron chi connectivity index (χ4n) is 1.59. The summed E-state index contributed by atoms with van der Waals surface area (Å²) in [6.45, 7) is 0.759. The van der Waals surface area contributed by atoms with Gasteiger partial charge in [-0.05, 0) is 11.6 Å². The lowest BCUT2D eigenvalue weighted by atomic mass is 10.0. The van der Waals surface area contributed by atoms with E-state index in [1.54, 1.807) is 0 Å². The highest BCUT2D eigenvalue weighted by Gasteiger charge is 2.26. The maximum Gasteiger partial charge on any atom is 0.155 e. The molecule has 2 rings (SSSR count). The highest BCUT2D eigenvalue weighted by molar-refractivity contribution is 6.31. The van der Waals surface area contributed by atoms with Crippen molar-refractivity contribution in [3.8, 4) is 0 Å². The molecule has 0 aliphatic carbocycles. The van der Waals surface area contributed by atoms with Gasteiger partial charge in [0, 0.05) is 18.0 Å². The monoisotopic (exact) mass is 231 g/mol. The van der Waals surface area contributed by atoms with Gasteiger partial charge in [0.25, 0.3) is 0 Å². The molecule has 1 unspecified atom stereocenters. The van der Waals surface area contributed by atoms with Crippen molar-refractivity contribution in [1.29, 1.82) is 0 Å². The molecule has 0 amide bonds. The topological polar surface area (TPSA) is 29.1 Å². The number of Topliss-reactive ketones (excluding diaryl/α,β-unsaturated/α-hetero) is 1. The standard InChI is InChI=1S/C10H10ClNO.ClH/c11-8-4-2-1-3-7(8)10-9(13)5-6-12-10;/h1-4,10,12H,5-6H2;1H. The molecule has 4 heteroatoms. The fourth-order valence-corrected chi connectivity index (χ4v) is 1.84. The Kier molecular flexibility index (Phi) is 3.93. The van der Waals surface area contributed by atoms with Gasteiger partial charge in [0.1, 0.15) is 0 Å². The van der Waals surface area contributed by atoms with Crippen molar-refractivity contribution in [3.63, 3.8) is 0 Å². The average molecular weight is 232 g/mol. The third kappa shape index (κ3) is 2.08. The van der Waals surface area contributed by atoms with E-state index in [2.05, 4.69) is 5.32 Å². The summed E-state index contributed by atoms with van der Waals surface area (Å²) in [5.74, 6) is 0.230. The summed E-state index contributed by atoms with van der Waals surface area (Å²) in [5, 5.41) is 3.79. The normalized spacial score (nSPS) is 20.6. The Balaban J connectivity index is 0.000000980. The zero-order valence-corrected chi connectivity index (χ0v) is 9.07. The van der Waals surface area contributed by atoms with Crippen molar-refractivity contribution in [2.24, 2.45) is 0 Å². The van der Waals surface area contributed by atoms with Gasteiger partial charge in [0.2, 0.25) is 0 Å². The Hall–Kier alpha value is -0.570. The highest BCUT2D eigenvalue weighted by atomic mass is 35.5. The van der Waals surface area contributed by atoms with Crippen molar-refractivity contribution in [2.45, 2.75) is 12.5 Å². The predicted molar refractivity (Wildman–Crippen MR) is 59.1 cm³/mol. The molecule has 14 heavy (non-hydrogen) atoms. The van der Waals surface area contributed by atoms with Crippen LogP contribution in [0.25, 0.3) is 0 Å². The van der Waals surface area contributed by atoms with Crippen LogP contribution >= 0.6 is 24.0 Å². The van der Waals surface area contributed by atoms with E-state index in [1.807, 2.05) is 24.3 Å². The van der Waals surface area contributed by atoms with Gasteiger partial charge >= 0.3 is 0 Å². The lowest BCUT2D eigenvalue weighted by Crippen LogP contribution is -2.17. The van der Waals surface area contributed by atoms with Gasteiger partial charge in [-0.1, -0.05) is 29.8 Å². The van der Waals surface area contributed by atoms with Crippen molar-refractivity contribution in [2.75, 3.05) is 6.54 Å². The molecule has 1 saturated heterocycles. The van der Waals surface area contributed by atoms with Crippen LogP contribution < -0.4 is 5.32 Å². The summed E-state index contributed by atoms with van der Waals surface area (Å²) in [6.07, 6.45) is 0.607. The maximum absolute atomic E-state index is 11.4. The molecule has 0 saturated carbocycles. The quantitative estimate of drug-likeness (QED) is 0.805. The molecule has 2 nitrogen and oxygen atoms in total. The Bertz CT molecular complexity index is 341. The minimum absolute atomic E-state index is 0. The van der Waals surface area contributed by atoms with Gasteiger partial charge in [-0.25, -0.2) is 0 Å². The minimum atomic E-state index is -0.186. The third-order valence-electron chi connectivity index (χ3n) is 2.26. The first-order valence-corrected chi connectivity index (χ1v) is 4.67. The van der Waals surface area contributed by atoms with Gasteiger partial charge < -0.3 is 5.32 Å². The van der Waals surface area contributed by atoms with Gasteiger partial charge in [0.05, 0.1) is 6.04 Å². The van der Waals surface area contributed by atoms with Crippen molar-refractivity contribution in [1.82, 2.24) is 5.32 Å². The number of nitrogens with one attached hydrogen (secondary N) is 1. The Morgan fingerprint density at radius 2 is 2.07 bits per heavy atom. The lowest BCUT2D eigenvalue weighted by Gasteiger charge is -2.10. The molecule has 76 valence electrons. The number of ketones is 1.